The first-order valence-corrected chi connectivity index (χ1v) is 9.58. The Morgan fingerprint density at radius 1 is 0.750 bits per heavy atom. The van der Waals surface area contributed by atoms with Crippen LogP contribution in [0.2, 0.25) is 0 Å². The third-order valence-electron chi connectivity index (χ3n) is 5.08. The summed E-state index contributed by atoms with van der Waals surface area (Å²) in [6, 6.07) is 12.0. The maximum absolute atomic E-state index is 13.7. The molecule has 0 saturated heterocycles. The van der Waals surface area contributed by atoms with Crippen molar-refractivity contribution in [2.24, 2.45) is 0 Å². The lowest BCUT2D eigenvalue weighted by atomic mass is 9.89. The molecule has 0 radical (unpaired) electrons. The molecule has 2 amide bonds. The van der Waals surface area contributed by atoms with Crippen LogP contribution in [0.3, 0.4) is 0 Å². The van der Waals surface area contributed by atoms with Crippen LogP contribution in [0, 0.1) is 11.6 Å². The second kappa shape index (κ2) is 9.44. The predicted octanol–water partition coefficient (Wildman–Crippen LogP) is 3.29. The average molecular weight is 386 g/mol. The number of hydrogen-bond donors (Lipinski definition) is 2. The van der Waals surface area contributed by atoms with Crippen molar-refractivity contribution >= 4 is 11.8 Å². The van der Waals surface area contributed by atoms with Gasteiger partial charge < -0.3 is 10.6 Å². The Morgan fingerprint density at radius 3 is 1.54 bits per heavy atom. The first-order chi connectivity index (χ1) is 13.5. The number of rotatable bonds is 6. The standard InChI is InChI=1S/C22H24F2N2O2/c23-17-9-3-1-7-15(17)13-21(27)25-19-11-5-6-12-20(19)26-22(28)14-16-8-2-4-10-18(16)24/h1-4,7-10,19-20H,5-6,11-14H2,(H,25,27)(H,26,28)/t19-,20-/m1/s1. The van der Waals surface area contributed by atoms with E-state index >= 15 is 0 Å². The zero-order valence-electron chi connectivity index (χ0n) is 15.6. The highest BCUT2D eigenvalue weighted by Crippen LogP contribution is 2.19. The summed E-state index contributed by atoms with van der Waals surface area (Å²) in [5, 5.41) is 5.86. The van der Waals surface area contributed by atoms with Crippen molar-refractivity contribution in [3.05, 3.63) is 71.3 Å². The van der Waals surface area contributed by atoms with Gasteiger partial charge in [-0.2, -0.15) is 0 Å². The summed E-state index contributed by atoms with van der Waals surface area (Å²) < 4.78 is 27.5. The van der Waals surface area contributed by atoms with Crippen molar-refractivity contribution in [2.75, 3.05) is 0 Å². The Kier molecular flexibility index (Phi) is 6.74. The van der Waals surface area contributed by atoms with Gasteiger partial charge in [0, 0.05) is 12.1 Å². The molecule has 0 heterocycles. The third-order valence-corrected chi connectivity index (χ3v) is 5.08. The number of amides is 2. The van der Waals surface area contributed by atoms with Crippen LogP contribution in [0.1, 0.15) is 36.8 Å². The van der Waals surface area contributed by atoms with Crippen molar-refractivity contribution < 1.29 is 18.4 Å². The van der Waals surface area contributed by atoms with Crippen LogP contribution >= 0.6 is 0 Å². The molecule has 0 aliphatic heterocycles. The quantitative estimate of drug-likeness (QED) is 0.800. The molecule has 0 unspecified atom stereocenters. The van der Waals surface area contributed by atoms with E-state index in [-0.39, 0.29) is 36.7 Å². The van der Waals surface area contributed by atoms with Gasteiger partial charge in [-0.15, -0.1) is 0 Å². The number of benzene rings is 2. The summed E-state index contributed by atoms with van der Waals surface area (Å²) in [6.07, 6.45) is 3.30. The highest BCUT2D eigenvalue weighted by molar-refractivity contribution is 5.80. The lowest BCUT2D eigenvalue weighted by Gasteiger charge is -2.33. The van der Waals surface area contributed by atoms with Crippen LogP contribution in [0.4, 0.5) is 8.78 Å². The van der Waals surface area contributed by atoms with E-state index in [0.717, 1.165) is 25.7 Å². The maximum Gasteiger partial charge on any atom is 0.224 e. The molecule has 3 rings (SSSR count). The first-order valence-electron chi connectivity index (χ1n) is 9.58. The van der Waals surface area contributed by atoms with Crippen molar-refractivity contribution in [1.29, 1.82) is 0 Å². The number of halogens is 2. The molecular formula is C22H24F2N2O2. The molecule has 2 aromatic rings. The molecule has 0 spiro atoms. The summed E-state index contributed by atoms with van der Waals surface area (Å²) in [4.78, 5) is 24.7. The molecule has 0 aromatic heterocycles. The highest BCUT2D eigenvalue weighted by atomic mass is 19.1. The van der Waals surface area contributed by atoms with Crippen LogP contribution in [-0.4, -0.2) is 23.9 Å². The fraction of sp³-hybridized carbons (Fsp3) is 0.364. The van der Waals surface area contributed by atoms with Gasteiger partial charge in [-0.1, -0.05) is 49.2 Å². The van der Waals surface area contributed by atoms with Crippen molar-refractivity contribution in [3.63, 3.8) is 0 Å². The Balaban J connectivity index is 1.57. The van der Waals surface area contributed by atoms with Gasteiger partial charge in [-0.05, 0) is 36.1 Å². The van der Waals surface area contributed by atoms with E-state index in [2.05, 4.69) is 10.6 Å². The number of hydrogen-bond acceptors (Lipinski definition) is 2. The summed E-state index contributed by atoms with van der Waals surface area (Å²) in [7, 11) is 0. The smallest absolute Gasteiger partial charge is 0.224 e. The first kappa shape index (κ1) is 20.0. The molecular weight excluding hydrogens is 362 g/mol. The average Bonchev–Trinajstić information content (AvgIpc) is 2.67. The molecule has 2 atom stereocenters. The SMILES string of the molecule is O=C(Cc1ccccc1F)N[C@@H]1CCCC[C@H]1NC(=O)Cc1ccccc1F. The minimum atomic E-state index is -0.406. The van der Waals surface area contributed by atoms with Gasteiger partial charge in [-0.25, -0.2) is 8.78 Å². The molecule has 4 nitrogen and oxygen atoms in total. The van der Waals surface area contributed by atoms with Gasteiger partial charge >= 0.3 is 0 Å². The second-order valence-electron chi connectivity index (χ2n) is 7.17. The summed E-state index contributed by atoms with van der Waals surface area (Å²) in [5.74, 6) is -1.36. The number of carbonyl (C=O) groups excluding carboxylic acids is 2. The Bertz CT molecular complexity index is 771. The number of carbonyl (C=O) groups is 2. The van der Waals surface area contributed by atoms with Gasteiger partial charge in [0.2, 0.25) is 11.8 Å². The fourth-order valence-corrected chi connectivity index (χ4v) is 3.62. The minimum Gasteiger partial charge on any atom is -0.351 e. The van der Waals surface area contributed by atoms with E-state index in [9.17, 15) is 18.4 Å². The van der Waals surface area contributed by atoms with Gasteiger partial charge in [-0.3, -0.25) is 9.59 Å². The Morgan fingerprint density at radius 2 is 1.14 bits per heavy atom. The lowest BCUT2D eigenvalue weighted by Crippen LogP contribution is -2.53. The van der Waals surface area contributed by atoms with Crippen LogP contribution in [0.25, 0.3) is 0 Å². The number of nitrogens with one attached hydrogen (secondary N) is 2. The van der Waals surface area contributed by atoms with Crippen LogP contribution in [-0.2, 0) is 22.4 Å². The van der Waals surface area contributed by atoms with E-state index < -0.39 is 11.6 Å². The molecule has 1 fully saturated rings. The molecule has 148 valence electrons. The summed E-state index contributed by atoms with van der Waals surface area (Å²) in [5.41, 5.74) is 0.687. The molecule has 1 aliphatic rings. The van der Waals surface area contributed by atoms with Gasteiger partial charge in [0.1, 0.15) is 11.6 Å². The summed E-state index contributed by atoms with van der Waals surface area (Å²) in [6.45, 7) is 0. The van der Waals surface area contributed by atoms with Gasteiger partial charge in [0.25, 0.3) is 0 Å². The van der Waals surface area contributed by atoms with E-state index in [4.69, 9.17) is 0 Å². The Hall–Kier alpha value is -2.76. The predicted molar refractivity (Wildman–Crippen MR) is 103 cm³/mol. The Labute approximate surface area is 163 Å². The third kappa shape index (κ3) is 5.38. The van der Waals surface area contributed by atoms with E-state index in [1.54, 1.807) is 36.4 Å². The highest BCUT2D eigenvalue weighted by Gasteiger charge is 2.28. The van der Waals surface area contributed by atoms with Gasteiger partial charge in [0.05, 0.1) is 12.8 Å². The topological polar surface area (TPSA) is 58.2 Å². The van der Waals surface area contributed by atoms with E-state index in [0.29, 0.717) is 11.1 Å². The molecule has 2 aromatic carbocycles. The molecule has 1 saturated carbocycles. The van der Waals surface area contributed by atoms with E-state index in [1.165, 1.54) is 12.1 Å². The molecule has 0 bridgehead atoms. The van der Waals surface area contributed by atoms with Crippen molar-refractivity contribution in [1.82, 2.24) is 10.6 Å². The fourth-order valence-electron chi connectivity index (χ4n) is 3.62. The van der Waals surface area contributed by atoms with Crippen molar-refractivity contribution in [3.8, 4) is 0 Å². The van der Waals surface area contributed by atoms with Crippen LogP contribution in [0.5, 0.6) is 0 Å². The minimum absolute atomic E-state index is 0.0426. The molecule has 1 aliphatic carbocycles. The second-order valence-corrected chi connectivity index (χ2v) is 7.17. The van der Waals surface area contributed by atoms with Gasteiger partial charge in [0.15, 0.2) is 0 Å². The lowest BCUT2D eigenvalue weighted by molar-refractivity contribution is -0.124. The molecule has 2 N–H and O–H groups in total. The monoisotopic (exact) mass is 386 g/mol. The maximum atomic E-state index is 13.7. The zero-order chi connectivity index (χ0) is 19.9. The summed E-state index contributed by atoms with van der Waals surface area (Å²) >= 11 is 0. The van der Waals surface area contributed by atoms with Crippen LogP contribution in [0.15, 0.2) is 48.5 Å². The van der Waals surface area contributed by atoms with Crippen molar-refractivity contribution in [2.45, 2.75) is 50.6 Å². The molecule has 6 heteroatoms. The largest absolute Gasteiger partial charge is 0.351 e. The normalized spacial score (nSPS) is 19.1. The van der Waals surface area contributed by atoms with E-state index in [1.807, 2.05) is 0 Å². The zero-order valence-corrected chi connectivity index (χ0v) is 15.6. The molecule has 28 heavy (non-hydrogen) atoms. The van der Waals surface area contributed by atoms with Crippen LogP contribution < -0.4 is 10.6 Å².